The monoisotopic (exact) mass is 463 g/mol. The van der Waals surface area contributed by atoms with Gasteiger partial charge in [0.1, 0.15) is 23.7 Å². The molecule has 7 nitrogen and oxygen atoms in total. The highest BCUT2D eigenvalue weighted by molar-refractivity contribution is 6.16. The zero-order valence-electron chi connectivity index (χ0n) is 17.8. The van der Waals surface area contributed by atoms with Gasteiger partial charge in [0, 0.05) is 35.1 Å². The van der Waals surface area contributed by atoms with Crippen molar-refractivity contribution in [3.63, 3.8) is 0 Å². The predicted molar refractivity (Wildman–Crippen MR) is 114 cm³/mol. The highest BCUT2D eigenvalue weighted by atomic mass is 19.4. The normalized spacial score (nSPS) is 15.4. The van der Waals surface area contributed by atoms with Crippen LogP contribution in [0.2, 0.25) is 0 Å². The first-order chi connectivity index (χ1) is 15.5. The van der Waals surface area contributed by atoms with Crippen LogP contribution in [-0.2, 0) is 15.7 Å². The fourth-order valence-electron chi connectivity index (χ4n) is 2.79. The Hall–Kier alpha value is -3.63. The number of carbonyl (C=O) groups excluding carboxylic acids is 1. The molecule has 11 heteroatoms. The number of nitrogens with two attached hydrogens (primary N) is 1. The van der Waals surface area contributed by atoms with Gasteiger partial charge in [-0.3, -0.25) is 4.98 Å². The topological polar surface area (TPSA) is 103 Å². The lowest BCUT2D eigenvalue weighted by atomic mass is 10.1. The molecule has 1 saturated carbocycles. The molecule has 1 aliphatic carbocycles. The molecule has 0 bridgehead atoms. The Labute approximate surface area is 187 Å². The summed E-state index contributed by atoms with van der Waals surface area (Å²) in [5, 5.41) is 0. The van der Waals surface area contributed by atoms with Crippen LogP contribution in [0, 0.1) is 5.82 Å². The smallest absolute Gasteiger partial charge is 0.433 e. The number of hydrogen-bond acceptors (Lipinski definition) is 5. The summed E-state index contributed by atoms with van der Waals surface area (Å²) in [7, 11) is 0. The Morgan fingerprint density at radius 2 is 1.94 bits per heavy atom. The Balaban J connectivity index is 1.88. The lowest BCUT2D eigenvalue weighted by Gasteiger charge is -2.10. The number of amidine groups is 1. The summed E-state index contributed by atoms with van der Waals surface area (Å²) in [5.41, 5.74) is 5.23. The number of aliphatic imine (C=N–C) groups is 2. The van der Waals surface area contributed by atoms with E-state index in [1.54, 1.807) is 13.8 Å². The summed E-state index contributed by atoms with van der Waals surface area (Å²) in [6.07, 6.45) is 0.762. The van der Waals surface area contributed by atoms with Gasteiger partial charge in [-0.05, 0) is 44.9 Å². The van der Waals surface area contributed by atoms with Crippen molar-refractivity contribution < 1.29 is 27.1 Å². The van der Waals surface area contributed by atoms with Crippen molar-refractivity contribution in [3.8, 4) is 0 Å². The second kappa shape index (κ2) is 9.88. The molecule has 0 unspecified atom stereocenters. The number of pyridine rings is 2. The molecule has 3 rings (SSSR count). The summed E-state index contributed by atoms with van der Waals surface area (Å²) >= 11 is 0. The summed E-state index contributed by atoms with van der Waals surface area (Å²) in [6, 6.07) is 3.38. The van der Waals surface area contributed by atoms with Crippen LogP contribution in [-0.4, -0.2) is 34.2 Å². The number of ether oxygens (including phenoxy) is 1. The molecule has 2 aromatic heterocycles. The van der Waals surface area contributed by atoms with E-state index < -0.39 is 29.8 Å². The highest BCUT2D eigenvalue weighted by Gasteiger charge is 2.35. The third kappa shape index (κ3) is 6.67. The van der Waals surface area contributed by atoms with E-state index in [1.807, 2.05) is 0 Å². The molecule has 0 amide bonds. The Morgan fingerprint density at radius 1 is 1.21 bits per heavy atom. The number of hydrogen-bond donors (Lipinski definition) is 1. The van der Waals surface area contributed by atoms with Crippen LogP contribution >= 0.6 is 0 Å². The average molecular weight is 463 g/mol. The first-order valence-corrected chi connectivity index (χ1v) is 10.0. The molecular weight excluding hydrogens is 442 g/mol. The van der Waals surface area contributed by atoms with Gasteiger partial charge in [0.2, 0.25) is 0 Å². The molecule has 0 radical (unpaired) electrons. The maximum Gasteiger partial charge on any atom is 0.433 e. The SMILES string of the molecule is CC(C)OC(=O)/C(=C/N=CN=C(N)c1cc(C2CC2)nc(C(F)(F)F)c1)c1cncc(F)c1. The maximum atomic E-state index is 13.5. The van der Waals surface area contributed by atoms with Crippen molar-refractivity contribution in [1.82, 2.24) is 9.97 Å². The summed E-state index contributed by atoms with van der Waals surface area (Å²) in [4.78, 5) is 27.5. The van der Waals surface area contributed by atoms with Crippen molar-refractivity contribution in [2.45, 2.75) is 44.9 Å². The zero-order valence-corrected chi connectivity index (χ0v) is 17.8. The maximum absolute atomic E-state index is 13.5. The largest absolute Gasteiger partial charge is 0.459 e. The number of nitrogens with zero attached hydrogens (tertiary/aromatic N) is 4. The molecule has 0 saturated heterocycles. The lowest BCUT2D eigenvalue weighted by molar-refractivity contribution is -0.141. The van der Waals surface area contributed by atoms with Crippen LogP contribution in [0.25, 0.3) is 5.57 Å². The van der Waals surface area contributed by atoms with Crippen molar-refractivity contribution in [2.75, 3.05) is 0 Å². The van der Waals surface area contributed by atoms with E-state index in [1.165, 1.54) is 12.3 Å². The van der Waals surface area contributed by atoms with Gasteiger partial charge in [-0.25, -0.2) is 24.2 Å². The van der Waals surface area contributed by atoms with Crippen molar-refractivity contribution in [2.24, 2.45) is 15.7 Å². The predicted octanol–water partition coefficient (Wildman–Crippen LogP) is 4.24. The quantitative estimate of drug-likeness (QED) is 0.218. The van der Waals surface area contributed by atoms with E-state index in [-0.39, 0.29) is 28.5 Å². The molecule has 0 aliphatic heterocycles. The third-order valence-corrected chi connectivity index (χ3v) is 4.47. The Morgan fingerprint density at radius 3 is 2.55 bits per heavy atom. The number of aromatic nitrogens is 2. The second-order valence-electron chi connectivity index (χ2n) is 7.61. The zero-order chi connectivity index (χ0) is 24.2. The fourth-order valence-corrected chi connectivity index (χ4v) is 2.79. The average Bonchev–Trinajstić information content (AvgIpc) is 3.57. The van der Waals surface area contributed by atoms with Gasteiger partial charge in [-0.1, -0.05) is 0 Å². The van der Waals surface area contributed by atoms with Crippen LogP contribution in [0.1, 0.15) is 55.1 Å². The number of halogens is 4. The van der Waals surface area contributed by atoms with E-state index in [4.69, 9.17) is 10.5 Å². The highest BCUT2D eigenvalue weighted by Crippen LogP contribution is 2.40. The second-order valence-corrected chi connectivity index (χ2v) is 7.61. The summed E-state index contributed by atoms with van der Waals surface area (Å²) in [6.45, 7) is 3.29. The molecule has 1 aliphatic rings. The van der Waals surface area contributed by atoms with Gasteiger partial charge >= 0.3 is 12.1 Å². The number of alkyl halides is 3. The minimum atomic E-state index is -4.62. The summed E-state index contributed by atoms with van der Waals surface area (Å²) < 4.78 is 58.3. The van der Waals surface area contributed by atoms with Crippen LogP contribution in [0.4, 0.5) is 17.6 Å². The molecular formula is C22H21F4N5O2. The first kappa shape index (κ1) is 24.0. The number of rotatable bonds is 7. The minimum Gasteiger partial charge on any atom is -0.459 e. The van der Waals surface area contributed by atoms with Crippen LogP contribution in [0.15, 0.2) is 46.8 Å². The van der Waals surface area contributed by atoms with Crippen LogP contribution in [0.3, 0.4) is 0 Å². The molecule has 33 heavy (non-hydrogen) atoms. The molecule has 174 valence electrons. The molecule has 2 N–H and O–H groups in total. The minimum absolute atomic E-state index is 0.0233. The molecule has 2 aromatic rings. The number of esters is 1. The van der Waals surface area contributed by atoms with Crippen molar-refractivity contribution in [1.29, 1.82) is 0 Å². The van der Waals surface area contributed by atoms with E-state index in [0.29, 0.717) is 5.69 Å². The van der Waals surface area contributed by atoms with Crippen LogP contribution in [0.5, 0.6) is 0 Å². The van der Waals surface area contributed by atoms with Gasteiger partial charge in [0.15, 0.2) is 0 Å². The summed E-state index contributed by atoms with van der Waals surface area (Å²) in [5.74, 6) is -1.65. The van der Waals surface area contributed by atoms with Crippen molar-refractivity contribution in [3.05, 3.63) is 65.1 Å². The van der Waals surface area contributed by atoms with Gasteiger partial charge in [0.25, 0.3) is 0 Å². The first-order valence-electron chi connectivity index (χ1n) is 10.0. The third-order valence-electron chi connectivity index (χ3n) is 4.47. The molecule has 0 atom stereocenters. The van der Waals surface area contributed by atoms with E-state index >= 15 is 0 Å². The van der Waals surface area contributed by atoms with Gasteiger partial charge < -0.3 is 10.5 Å². The Bertz CT molecular complexity index is 1120. The molecule has 0 spiro atoms. The van der Waals surface area contributed by atoms with Gasteiger partial charge in [-0.2, -0.15) is 13.2 Å². The van der Waals surface area contributed by atoms with E-state index in [0.717, 1.165) is 43.7 Å². The lowest BCUT2D eigenvalue weighted by Crippen LogP contribution is -2.17. The fraction of sp³-hybridized carbons (Fsp3) is 0.318. The number of carbonyl (C=O) groups is 1. The Kier molecular flexibility index (Phi) is 7.19. The van der Waals surface area contributed by atoms with Gasteiger partial charge in [-0.15, -0.1) is 0 Å². The van der Waals surface area contributed by atoms with E-state index in [2.05, 4.69) is 20.0 Å². The van der Waals surface area contributed by atoms with E-state index in [9.17, 15) is 22.4 Å². The van der Waals surface area contributed by atoms with Gasteiger partial charge in [0.05, 0.1) is 17.9 Å². The molecule has 1 fully saturated rings. The van der Waals surface area contributed by atoms with Crippen LogP contribution < -0.4 is 5.73 Å². The molecule has 2 heterocycles. The molecule has 0 aromatic carbocycles. The standard InChI is InChI=1S/C22H21F4N5O2/c1-12(2)33-21(32)17(15-5-16(23)9-28-8-15)10-29-11-30-20(27)14-6-18(13-3-4-13)31-19(7-14)22(24,25)26/h5-13H,3-4H2,1-2H3,(H2,27,29,30)/b17-10+. The van der Waals surface area contributed by atoms with Crippen molar-refractivity contribution >= 4 is 23.7 Å².